The molecule has 0 unspecified atom stereocenters. The molecule has 186 valence electrons. The molecule has 0 aliphatic carbocycles. The van der Waals surface area contributed by atoms with E-state index in [1.165, 1.54) is 33.7 Å². The Morgan fingerprint density at radius 3 is 2.29 bits per heavy atom. The van der Waals surface area contributed by atoms with Gasteiger partial charge in [-0.15, -0.1) is 0 Å². The number of amides is 1. The number of aromatic nitrogens is 2. The Morgan fingerprint density at radius 1 is 1.09 bits per heavy atom. The van der Waals surface area contributed by atoms with Crippen molar-refractivity contribution in [1.29, 1.82) is 0 Å². The van der Waals surface area contributed by atoms with Crippen LogP contribution in [-0.4, -0.2) is 36.5 Å². The van der Waals surface area contributed by atoms with Crippen LogP contribution >= 0.6 is 0 Å². The average Bonchev–Trinajstić information content (AvgIpc) is 2.80. The number of nitrogens with zero attached hydrogens (tertiary/aromatic N) is 2. The molecule has 1 aromatic heterocycles. The molecule has 35 heavy (non-hydrogen) atoms. The highest BCUT2D eigenvalue weighted by atomic mass is 32.2. The van der Waals surface area contributed by atoms with Crippen molar-refractivity contribution < 1.29 is 13.2 Å². The van der Waals surface area contributed by atoms with Gasteiger partial charge in [0.05, 0.1) is 11.4 Å². The van der Waals surface area contributed by atoms with Crippen molar-refractivity contribution in [2.45, 2.75) is 44.7 Å². The molecular weight excluding hydrogens is 470 g/mol. The number of rotatable bonds is 9. The van der Waals surface area contributed by atoms with Crippen LogP contribution in [0.4, 0.5) is 11.5 Å². The van der Waals surface area contributed by atoms with Gasteiger partial charge in [-0.05, 0) is 50.1 Å². The van der Waals surface area contributed by atoms with Gasteiger partial charge in [-0.3, -0.25) is 19.1 Å². The van der Waals surface area contributed by atoms with Crippen molar-refractivity contribution in [3.63, 3.8) is 0 Å². The number of anilines is 2. The molecule has 3 rings (SSSR count). The molecular formula is C24H29N5O5S. The molecule has 0 aliphatic heterocycles. The van der Waals surface area contributed by atoms with Crippen LogP contribution < -0.4 is 26.6 Å². The summed E-state index contributed by atoms with van der Waals surface area (Å²) in [6, 6.07) is 14.2. The maximum absolute atomic E-state index is 13.4. The third-order valence-corrected chi connectivity index (χ3v) is 6.84. The fourth-order valence-corrected chi connectivity index (χ4v) is 4.86. The number of nitrogens with two attached hydrogens (primary N) is 1. The molecule has 4 N–H and O–H groups in total. The normalized spacial score (nSPS) is 11.5. The number of hydrogen-bond acceptors (Lipinski definition) is 6. The Hall–Kier alpha value is -3.70. The van der Waals surface area contributed by atoms with E-state index in [1.54, 1.807) is 13.8 Å². The minimum atomic E-state index is -3.73. The number of sulfonamides is 1. The zero-order valence-corrected chi connectivity index (χ0v) is 20.6. The highest BCUT2D eigenvalue weighted by molar-refractivity contribution is 7.89. The SMILES string of the molecule is CCCN(C(=O)c1ccc(S(=O)(=O)NC(C)C)cc1)c1c(N)n(Cc2ccccc2)c(=O)[nH]c1=O. The quantitative estimate of drug-likeness (QED) is 0.410. The van der Waals surface area contributed by atoms with E-state index in [9.17, 15) is 22.8 Å². The Morgan fingerprint density at radius 2 is 1.71 bits per heavy atom. The maximum atomic E-state index is 13.4. The highest BCUT2D eigenvalue weighted by Gasteiger charge is 2.25. The number of nitrogens with one attached hydrogen (secondary N) is 2. The van der Waals surface area contributed by atoms with Crippen LogP contribution in [0.5, 0.6) is 0 Å². The maximum Gasteiger partial charge on any atom is 0.330 e. The third-order valence-electron chi connectivity index (χ3n) is 5.16. The summed E-state index contributed by atoms with van der Waals surface area (Å²) >= 11 is 0. The van der Waals surface area contributed by atoms with E-state index in [-0.39, 0.29) is 41.1 Å². The lowest BCUT2D eigenvalue weighted by molar-refractivity contribution is 0.0986. The van der Waals surface area contributed by atoms with Gasteiger partial charge in [-0.2, -0.15) is 0 Å². The van der Waals surface area contributed by atoms with Crippen LogP contribution in [0.2, 0.25) is 0 Å². The Bertz CT molecular complexity index is 1410. The van der Waals surface area contributed by atoms with Gasteiger partial charge in [0.2, 0.25) is 10.0 Å². The largest absolute Gasteiger partial charge is 0.383 e. The predicted molar refractivity (Wildman–Crippen MR) is 135 cm³/mol. The van der Waals surface area contributed by atoms with Crippen molar-refractivity contribution in [2.24, 2.45) is 0 Å². The van der Waals surface area contributed by atoms with Crippen molar-refractivity contribution >= 4 is 27.4 Å². The van der Waals surface area contributed by atoms with Gasteiger partial charge in [0.25, 0.3) is 11.5 Å². The third kappa shape index (κ3) is 5.87. The molecule has 10 nitrogen and oxygen atoms in total. The standard InChI is InChI=1S/C24H29N5O5S/c1-4-14-28(23(31)18-10-12-19(13-11-18)35(33,34)27-16(2)3)20-21(25)29(24(32)26-22(20)30)15-17-8-6-5-7-9-17/h5-13,16,27H,4,14-15,25H2,1-3H3,(H,26,30,32). The van der Waals surface area contributed by atoms with E-state index in [1.807, 2.05) is 37.3 Å². The van der Waals surface area contributed by atoms with Crippen LogP contribution in [0.1, 0.15) is 43.1 Å². The molecule has 11 heteroatoms. The first-order valence-corrected chi connectivity index (χ1v) is 12.6. The number of nitrogen functional groups attached to an aromatic ring is 1. The van der Waals surface area contributed by atoms with E-state index in [0.717, 1.165) is 5.56 Å². The molecule has 0 fully saturated rings. The van der Waals surface area contributed by atoms with E-state index in [4.69, 9.17) is 5.73 Å². The van der Waals surface area contributed by atoms with Gasteiger partial charge >= 0.3 is 5.69 Å². The minimum absolute atomic E-state index is 0.0126. The average molecular weight is 500 g/mol. The number of carbonyl (C=O) groups is 1. The monoisotopic (exact) mass is 499 g/mol. The van der Waals surface area contributed by atoms with E-state index in [0.29, 0.717) is 6.42 Å². The summed E-state index contributed by atoms with van der Waals surface area (Å²) in [5, 5.41) is 0. The molecule has 3 aromatic rings. The molecule has 1 amide bonds. The van der Waals surface area contributed by atoms with Gasteiger partial charge in [0.15, 0.2) is 5.69 Å². The Kier molecular flexibility index (Phi) is 7.92. The van der Waals surface area contributed by atoms with Gasteiger partial charge in [0.1, 0.15) is 5.82 Å². The molecule has 0 spiro atoms. The number of benzene rings is 2. The minimum Gasteiger partial charge on any atom is -0.383 e. The highest BCUT2D eigenvalue weighted by Crippen LogP contribution is 2.21. The van der Waals surface area contributed by atoms with Gasteiger partial charge in [-0.25, -0.2) is 17.9 Å². The zero-order valence-electron chi connectivity index (χ0n) is 19.8. The molecule has 2 aromatic carbocycles. The van der Waals surface area contributed by atoms with Crippen molar-refractivity contribution in [1.82, 2.24) is 14.3 Å². The van der Waals surface area contributed by atoms with Crippen molar-refractivity contribution in [2.75, 3.05) is 17.2 Å². The van der Waals surface area contributed by atoms with Gasteiger partial charge < -0.3 is 10.6 Å². The van der Waals surface area contributed by atoms with Crippen LogP contribution in [-0.2, 0) is 16.6 Å². The van der Waals surface area contributed by atoms with Crippen LogP contribution in [0, 0.1) is 0 Å². The predicted octanol–water partition coefficient (Wildman–Crippen LogP) is 1.91. The first-order chi connectivity index (χ1) is 16.5. The summed E-state index contributed by atoms with van der Waals surface area (Å²) in [7, 11) is -3.73. The fourth-order valence-electron chi connectivity index (χ4n) is 3.61. The van der Waals surface area contributed by atoms with Gasteiger partial charge in [-0.1, -0.05) is 37.3 Å². The summed E-state index contributed by atoms with van der Waals surface area (Å²) in [5.74, 6) is -0.681. The smallest absolute Gasteiger partial charge is 0.330 e. The lowest BCUT2D eigenvalue weighted by atomic mass is 10.1. The lowest BCUT2D eigenvalue weighted by Crippen LogP contribution is -2.41. The van der Waals surface area contributed by atoms with Crippen LogP contribution in [0.25, 0.3) is 0 Å². The second-order valence-corrected chi connectivity index (χ2v) is 10.0. The van der Waals surface area contributed by atoms with E-state index < -0.39 is 27.2 Å². The summed E-state index contributed by atoms with van der Waals surface area (Å²) in [6.45, 7) is 5.51. The Labute approximate surface area is 203 Å². The lowest BCUT2D eigenvalue weighted by Gasteiger charge is -2.24. The second-order valence-electron chi connectivity index (χ2n) is 8.32. The van der Waals surface area contributed by atoms with E-state index in [2.05, 4.69) is 9.71 Å². The van der Waals surface area contributed by atoms with Crippen LogP contribution in [0.15, 0.2) is 69.1 Å². The first-order valence-electron chi connectivity index (χ1n) is 11.2. The summed E-state index contributed by atoms with van der Waals surface area (Å²) < 4.78 is 28.5. The Balaban J connectivity index is 2.02. The van der Waals surface area contributed by atoms with Crippen molar-refractivity contribution in [3.8, 4) is 0 Å². The van der Waals surface area contributed by atoms with Crippen LogP contribution in [0.3, 0.4) is 0 Å². The molecule has 0 aliphatic rings. The fraction of sp³-hybridized carbons (Fsp3) is 0.292. The number of hydrogen-bond donors (Lipinski definition) is 3. The van der Waals surface area contributed by atoms with Gasteiger partial charge in [0, 0.05) is 18.2 Å². The molecule has 0 atom stereocenters. The molecule has 0 bridgehead atoms. The number of H-pyrrole nitrogens is 1. The topological polar surface area (TPSA) is 147 Å². The van der Waals surface area contributed by atoms with Crippen molar-refractivity contribution in [3.05, 3.63) is 86.6 Å². The summed E-state index contributed by atoms with van der Waals surface area (Å²) in [6.07, 6.45) is 0.507. The molecule has 1 heterocycles. The van der Waals surface area contributed by atoms with E-state index >= 15 is 0 Å². The molecule has 0 saturated heterocycles. The first kappa shape index (κ1) is 25.9. The number of carbonyl (C=O) groups excluding carboxylic acids is 1. The molecule has 0 saturated carbocycles. The summed E-state index contributed by atoms with van der Waals surface area (Å²) in [4.78, 5) is 42.2. The second kappa shape index (κ2) is 10.7. The summed E-state index contributed by atoms with van der Waals surface area (Å²) in [5.41, 5.74) is 5.63. The zero-order chi connectivity index (χ0) is 25.8. The number of aromatic amines is 1. The molecule has 0 radical (unpaired) electrons.